The van der Waals surface area contributed by atoms with E-state index >= 15 is 0 Å². The summed E-state index contributed by atoms with van der Waals surface area (Å²) in [4.78, 5) is 27.6. The first kappa shape index (κ1) is 17.3. The van der Waals surface area contributed by atoms with Crippen molar-refractivity contribution < 1.29 is 9.72 Å². The van der Waals surface area contributed by atoms with Gasteiger partial charge >= 0.3 is 5.95 Å². The highest BCUT2D eigenvalue weighted by Gasteiger charge is 2.18. The molecule has 1 amide bonds. The van der Waals surface area contributed by atoms with Gasteiger partial charge in [-0.1, -0.05) is 4.98 Å². The fraction of sp³-hybridized carbons (Fsp3) is 0.357. The van der Waals surface area contributed by atoms with Gasteiger partial charge < -0.3 is 15.0 Å². The van der Waals surface area contributed by atoms with Crippen LogP contribution in [0.25, 0.3) is 0 Å². The second kappa shape index (κ2) is 6.74. The fourth-order valence-corrected chi connectivity index (χ4v) is 2.47. The normalized spacial score (nSPS) is 10.9. The Morgan fingerprint density at radius 1 is 1.31 bits per heavy atom. The van der Waals surface area contributed by atoms with Crippen LogP contribution < -0.4 is 0 Å². The molecule has 3 aromatic heterocycles. The van der Waals surface area contributed by atoms with Crippen LogP contribution in [-0.4, -0.2) is 57.1 Å². The van der Waals surface area contributed by atoms with E-state index in [1.165, 1.54) is 15.7 Å². The van der Waals surface area contributed by atoms with Gasteiger partial charge in [0, 0.05) is 43.7 Å². The molecule has 0 N–H and O–H groups in total. The molecule has 0 unspecified atom stereocenters. The summed E-state index contributed by atoms with van der Waals surface area (Å²) in [7, 11) is 3.52. The van der Waals surface area contributed by atoms with Crippen molar-refractivity contribution >= 4 is 11.9 Å². The van der Waals surface area contributed by atoms with Gasteiger partial charge in [-0.25, -0.2) is 4.68 Å². The van der Waals surface area contributed by atoms with Crippen LogP contribution in [0.2, 0.25) is 0 Å². The summed E-state index contributed by atoms with van der Waals surface area (Å²) in [6, 6.07) is 1.58. The summed E-state index contributed by atoms with van der Waals surface area (Å²) in [5, 5.41) is 22.8. The highest BCUT2D eigenvalue weighted by Crippen LogP contribution is 2.10. The van der Waals surface area contributed by atoms with Gasteiger partial charge in [0.25, 0.3) is 5.91 Å². The molecule has 0 spiro atoms. The molecular weight excluding hydrogens is 342 g/mol. The average molecular weight is 359 g/mol. The molecular formula is C14H17N9O3. The minimum atomic E-state index is -0.677. The molecule has 12 nitrogen and oxygen atoms in total. The smallest absolute Gasteiger partial charge is 0.390 e. The van der Waals surface area contributed by atoms with Gasteiger partial charge in [-0.2, -0.15) is 14.9 Å². The van der Waals surface area contributed by atoms with Crippen molar-refractivity contribution in [3.63, 3.8) is 0 Å². The molecule has 0 radical (unpaired) electrons. The largest absolute Gasteiger partial charge is 0.491 e. The SMILES string of the molecule is Cc1nn(C)cc1CN(C)C(=O)c1ccn(Cn2cnc([N+](=O)[O-])n2)n1. The van der Waals surface area contributed by atoms with E-state index in [2.05, 4.69) is 20.3 Å². The lowest BCUT2D eigenvalue weighted by Crippen LogP contribution is -2.27. The van der Waals surface area contributed by atoms with E-state index in [-0.39, 0.29) is 18.3 Å². The molecule has 3 rings (SSSR count). The Morgan fingerprint density at radius 2 is 2.08 bits per heavy atom. The van der Waals surface area contributed by atoms with E-state index < -0.39 is 10.9 Å². The van der Waals surface area contributed by atoms with Crippen molar-refractivity contribution in [2.45, 2.75) is 20.1 Å². The van der Waals surface area contributed by atoms with E-state index in [0.717, 1.165) is 11.3 Å². The molecule has 26 heavy (non-hydrogen) atoms. The van der Waals surface area contributed by atoms with Crippen molar-refractivity contribution in [2.75, 3.05) is 7.05 Å². The number of hydrogen-bond acceptors (Lipinski definition) is 7. The van der Waals surface area contributed by atoms with Crippen LogP contribution in [0.4, 0.5) is 5.95 Å². The summed E-state index contributed by atoms with van der Waals surface area (Å²) < 4.78 is 4.42. The van der Waals surface area contributed by atoms with E-state index in [4.69, 9.17) is 0 Å². The maximum absolute atomic E-state index is 12.5. The number of carbonyl (C=O) groups is 1. The summed E-state index contributed by atoms with van der Waals surface area (Å²) in [6.45, 7) is 2.42. The molecule has 0 fully saturated rings. The molecule has 0 saturated carbocycles. The molecule has 0 aliphatic carbocycles. The summed E-state index contributed by atoms with van der Waals surface area (Å²) in [6.07, 6.45) is 4.71. The number of nitrogens with zero attached hydrogens (tertiary/aromatic N) is 9. The number of hydrogen-bond donors (Lipinski definition) is 0. The van der Waals surface area contributed by atoms with Crippen LogP contribution in [0, 0.1) is 17.0 Å². The van der Waals surface area contributed by atoms with Crippen molar-refractivity contribution in [1.29, 1.82) is 0 Å². The minimum absolute atomic E-state index is 0.111. The molecule has 0 aliphatic rings. The molecule has 12 heteroatoms. The third-order valence-electron chi connectivity index (χ3n) is 3.71. The molecule has 136 valence electrons. The maximum Gasteiger partial charge on any atom is 0.491 e. The van der Waals surface area contributed by atoms with Gasteiger partial charge in [0.1, 0.15) is 5.69 Å². The van der Waals surface area contributed by atoms with E-state index in [1.54, 1.807) is 28.9 Å². The predicted molar refractivity (Wildman–Crippen MR) is 88.0 cm³/mol. The van der Waals surface area contributed by atoms with Crippen LogP contribution in [0.1, 0.15) is 21.7 Å². The highest BCUT2D eigenvalue weighted by molar-refractivity contribution is 5.91. The first-order chi connectivity index (χ1) is 12.3. The monoisotopic (exact) mass is 359 g/mol. The number of carbonyl (C=O) groups excluding carboxylic acids is 1. The first-order valence-corrected chi connectivity index (χ1v) is 7.65. The molecule has 0 aliphatic heterocycles. The Balaban J connectivity index is 1.66. The van der Waals surface area contributed by atoms with Crippen molar-refractivity contribution in [2.24, 2.45) is 7.05 Å². The zero-order valence-electron chi connectivity index (χ0n) is 14.5. The molecule has 0 saturated heterocycles. The highest BCUT2D eigenvalue weighted by atomic mass is 16.6. The lowest BCUT2D eigenvalue weighted by atomic mass is 10.2. The topological polar surface area (TPSA) is 130 Å². The van der Waals surface area contributed by atoms with E-state index in [9.17, 15) is 14.9 Å². The number of aryl methyl sites for hydroxylation is 2. The second-order valence-electron chi connectivity index (χ2n) is 5.80. The Morgan fingerprint density at radius 3 is 2.69 bits per heavy atom. The Labute approximate surface area is 147 Å². The summed E-state index contributed by atoms with van der Waals surface area (Å²) >= 11 is 0. The molecule has 0 bridgehead atoms. The maximum atomic E-state index is 12.5. The van der Waals surface area contributed by atoms with Crippen LogP contribution >= 0.6 is 0 Å². The van der Waals surface area contributed by atoms with E-state index in [0.29, 0.717) is 6.54 Å². The van der Waals surface area contributed by atoms with Gasteiger partial charge in [-0.15, -0.1) is 0 Å². The zero-order chi connectivity index (χ0) is 18.8. The number of aromatic nitrogens is 7. The quantitative estimate of drug-likeness (QED) is 0.454. The third-order valence-corrected chi connectivity index (χ3v) is 3.71. The van der Waals surface area contributed by atoms with Gasteiger partial charge in [0.15, 0.2) is 6.67 Å². The lowest BCUT2D eigenvalue weighted by Gasteiger charge is -2.15. The standard InChI is InChI=1S/C14H17N9O3/c1-10-11(7-20(3)16-10)6-19(2)13(24)12-4-5-21(17-12)9-22-8-15-14(18-22)23(25)26/h4-5,7-8H,6,9H2,1-3H3. The third kappa shape index (κ3) is 3.58. The van der Waals surface area contributed by atoms with E-state index in [1.807, 2.05) is 20.2 Å². The van der Waals surface area contributed by atoms with Crippen LogP contribution in [0.15, 0.2) is 24.8 Å². The molecule has 3 heterocycles. The first-order valence-electron chi connectivity index (χ1n) is 7.65. The molecule has 0 atom stereocenters. The van der Waals surface area contributed by atoms with Crippen molar-refractivity contribution in [3.8, 4) is 0 Å². The minimum Gasteiger partial charge on any atom is -0.390 e. The van der Waals surface area contributed by atoms with Crippen LogP contribution in [0.5, 0.6) is 0 Å². The Hall–Kier alpha value is -3.57. The lowest BCUT2D eigenvalue weighted by molar-refractivity contribution is -0.394. The number of amides is 1. The van der Waals surface area contributed by atoms with Gasteiger partial charge in [0.05, 0.1) is 5.69 Å². The Bertz CT molecular complexity index is 955. The predicted octanol–water partition coefficient (Wildman–Crippen LogP) is 0.203. The van der Waals surface area contributed by atoms with Gasteiger partial charge in [-0.05, 0) is 17.9 Å². The summed E-state index contributed by atoms with van der Waals surface area (Å²) in [5.41, 5.74) is 2.09. The average Bonchev–Trinajstić information content (AvgIpc) is 3.29. The van der Waals surface area contributed by atoms with Crippen LogP contribution in [0.3, 0.4) is 0 Å². The van der Waals surface area contributed by atoms with Gasteiger partial charge in [0.2, 0.25) is 6.33 Å². The van der Waals surface area contributed by atoms with Gasteiger partial charge in [-0.3, -0.25) is 9.48 Å². The molecule has 3 aromatic rings. The zero-order valence-corrected chi connectivity index (χ0v) is 14.5. The second-order valence-corrected chi connectivity index (χ2v) is 5.80. The van der Waals surface area contributed by atoms with Crippen molar-refractivity contribution in [1.82, 2.24) is 39.2 Å². The van der Waals surface area contributed by atoms with Crippen LogP contribution in [-0.2, 0) is 20.3 Å². The Kier molecular flexibility index (Phi) is 4.47. The summed E-state index contributed by atoms with van der Waals surface area (Å²) in [5.74, 6) is -0.725. The van der Waals surface area contributed by atoms with Crippen molar-refractivity contribution in [3.05, 3.63) is 51.9 Å². The fourth-order valence-electron chi connectivity index (χ4n) is 2.47. The number of rotatable bonds is 6. The number of nitro groups is 1. The molecule has 0 aromatic carbocycles.